The monoisotopic (exact) mass is 526 g/mol. The van der Waals surface area contributed by atoms with Gasteiger partial charge in [-0.2, -0.15) is 4.31 Å². The van der Waals surface area contributed by atoms with Crippen LogP contribution < -0.4 is 11.1 Å². The number of sulfonamides is 1. The lowest BCUT2D eigenvalue weighted by Crippen LogP contribution is -2.60. The minimum atomic E-state index is -3.97. The second-order valence-corrected chi connectivity index (χ2v) is 13.1. The van der Waals surface area contributed by atoms with Crippen LogP contribution in [0.3, 0.4) is 0 Å². The number of nitrogens with zero attached hydrogens (tertiary/aromatic N) is 2. The topological polar surface area (TPSA) is 113 Å². The lowest BCUT2D eigenvalue weighted by molar-refractivity contribution is -0.144. The third-order valence-corrected chi connectivity index (χ3v) is 9.11. The molecule has 3 N–H and O–H groups in total. The molecule has 4 rings (SSSR count). The standard InChI is InChI=1S/C28H38N4O4S/c1-19-8-11-22(12-9-19)37(35,36)32-15-14-31(27(34)25(32)17-26(29)33)24-7-5-6-21-16-20(10-13-23(21)24)18-30-28(2,3)4/h8-13,16,24-25,30H,5-7,14-15,17-18H2,1-4H3,(H2,29,33)/t24-,25?/m1/s1. The highest BCUT2D eigenvalue weighted by Gasteiger charge is 2.45. The van der Waals surface area contributed by atoms with Crippen molar-refractivity contribution in [1.29, 1.82) is 0 Å². The molecule has 0 saturated carbocycles. The first-order valence-electron chi connectivity index (χ1n) is 12.9. The van der Waals surface area contributed by atoms with Crippen LogP contribution >= 0.6 is 0 Å². The van der Waals surface area contributed by atoms with E-state index in [0.29, 0.717) is 0 Å². The predicted octanol–water partition coefficient (Wildman–Crippen LogP) is 3.04. The van der Waals surface area contributed by atoms with Gasteiger partial charge in [-0.3, -0.25) is 9.59 Å². The number of nitrogens with one attached hydrogen (secondary N) is 1. The number of hydrogen-bond acceptors (Lipinski definition) is 5. The molecule has 2 aromatic carbocycles. The van der Waals surface area contributed by atoms with Crippen molar-refractivity contribution in [2.45, 2.75) is 82.4 Å². The SMILES string of the molecule is Cc1ccc(S(=O)(=O)N2CCN([C@@H]3CCCc4cc(CNC(C)(C)C)ccc43)C(=O)C2CC(N)=O)cc1. The minimum absolute atomic E-state index is 0.0128. The van der Waals surface area contributed by atoms with E-state index in [2.05, 4.69) is 44.3 Å². The molecule has 2 aromatic rings. The molecule has 9 heteroatoms. The number of fused-ring (bicyclic) bond motifs is 1. The first-order valence-corrected chi connectivity index (χ1v) is 14.3. The second-order valence-electron chi connectivity index (χ2n) is 11.2. The molecular weight excluding hydrogens is 488 g/mol. The number of benzene rings is 2. The van der Waals surface area contributed by atoms with Gasteiger partial charge in [0.1, 0.15) is 6.04 Å². The molecule has 2 amide bonds. The van der Waals surface area contributed by atoms with Crippen molar-refractivity contribution in [2.75, 3.05) is 13.1 Å². The molecule has 0 bridgehead atoms. The first kappa shape index (κ1) is 27.3. The molecule has 2 aliphatic rings. The molecule has 1 saturated heterocycles. The van der Waals surface area contributed by atoms with Gasteiger partial charge in [0.15, 0.2) is 0 Å². The van der Waals surface area contributed by atoms with Gasteiger partial charge in [0.25, 0.3) is 0 Å². The van der Waals surface area contributed by atoms with Crippen LogP contribution in [0.5, 0.6) is 0 Å². The van der Waals surface area contributed by atoms with Crippen LogP contribution in [0.15, 0.2) is 47.4 Å². The first-order chi connectivity index (χ1) is 17.4. The molecule has 0 aromatic heterocycles. The molecule has 37 heavy (non-hydrogen) atoms. The van der Waals surface area contributed by atoms with Crippen molar-refractivity contribution < 1.29 is 18.0 Å². The summed E-state index contributed by atoms with van der Waals surface area (Å²) in [6.07, 6.45) is 2.32. The van der Waals surface area contributed by atoms with Crippen molar-refractivity contribution in [3.05, 3.63) is 64.7 Å². The van der Waals surface area contributed by atoms with Crippen molar-refractivity contribution in [1.82, 2.24) is 14.5 Å². The number of carbonyl (C=O) groups is 2. The van der Waals surface area contributed by atoms with E-state index in [9.17, 15) is 18.0 Å². The summed E-state index contributed by atoms with van der Waals surface area (Å²) < 4.78 is 28.1. The van der Waals surface area contributed by atoms with Gasteiger partial charge in [-0.15, -0.1) is 0 Å². The Morgan fingerprint density at radius 3 is 2.46 bits per heavy atom. The summed E-state index contributed by atoms with van der Waals surface area (Å²) in [6.45, 7) is 9.41. The normalized spacial score (nSPS) is 21.1. The average molecular weight is 527 g/mol. The Balaban J connectivity index is 1.60. The van der Waals surface area contributed by atoms with Crippen LogP contribution in [0, 0.1) is 6.92 Å². The van der Waals surface area contributed by atoms with Gasteiger partial charge in [0.2, 0.25) is 21.8 Å². The van der Waals surface area contributed by atoms with E-state index in [1.165, 1.54) is 23.3 Å². The van der Waals surface area contributed by atoms with Gasteiger partial charge in [0.05, 0.1) is 17.4 Å². The fourth-order valence-electron chi connectivity index (χ4n) is 5.25. The highest BCUT2D eigenvalue weighted by molar-refractivity contribution is 7.89. The summed E-state index contributed by atoms with van der Waals surface area (Å²) in [6, 6.07) is 11.6. The van der Waals surface area contributed by atoms with Crippen LogP contribution in [0.25, 0.3) is 0 Å². The van der Waals surface area contributed by atoms with Crippen LogP contribution in [-0.2, 0) is 32.6 Å². The largest absolute Gasteiger partial charge is 0.370 e. The van der Waals surface area contributed by atoms with Crippen molar-refractivity contribution in [2.24, 2.45) is 5.73 Å². The van der Waals surface area contributed by atoms with Gasteiger partial charge < -0.3 is 16.0 Å². The number of piperazine rings is 1. The van der Waals surface area contributed by atoms with Gasteiger partial charge in [0, 0.05) is 25.2 Å². The molecular formula is C28H38N4O4S. The number of nitrogens with two attached hydrogens (primary N) is 1. The molecule has 0 spiro atoms. The summed E-state index contributed by atoms with van der Waals surface area (Å²) in [7, 11) is -3.97. The minimum Gasteiger partial charge on any atom is -0.370 e. The smallest absolute Gasteiger partial charge is 0.243 e. The van der Waals surface area contributed by atoms with E-state index in [-0.39, 0.29) is 41.9 Å². The molecule has 8 nitrogen and oxygen atoms in total. The third kappa shape index (κ3) is 6.05. The average Bonchev–Trinajstić information content (AvgIpc) is 2.83. The molecule has 0 radical (unpaired) electrons. The Bertz CT molecular complexity index is 1270. The van der Waals surface area contributed by atoms with E-state index in [4.69, 9.17) is 5.73 Å². The lowest BCUT2D eigenvalue weighted by atomic mass is 9.85. The zero-order valence-electron chi connectivity index (χ0n) is 22.2. The quantitative estimate of drug-likeness (QED) is 0.576. The van der Waals surface area contributed by atoms with Crippen molar-refractivity contribution in [3.8, 4) is 0 Å². The van der Waals surface area contributed by atoms with Crippen LogP contribution in [0.1, 0.15) is 68.3 Å². The van der Waals surface area contributed by atoms with E-state index in [1.54, 1.807) is 17.0 Å². The van der Waals surface area contributed by atoms with Crippen LogP contribution in [0.4, 0.5) is 0 Å². The second kappa shape index (κ2) is 10.6. The number of rotatable bonds is 7. The fraction of sp³-hybridized carbons (Fsp3) is 0.500. The third-order valence-electron chi connectivity index (χ3n) is 7.19. The Morgan fingerprint density at radius 2 is 1.81 bits per heavy atom. The molecule has 1 aliphatic heterocycles. The van der Waals surface area contributed by atoms with Crippen LogP contribution in [0.2, 0.25) is 0 Å². The summed E-state index contributed by atoms with van der Waals surface area (Å²) in [5, 5.41) is 3.52. The Morgan fingerprint density at radius 1 is 1.11 bits per heavy atom. The Hall–Kier alpha value is -2.75. The molecule has 2 atom stereocenters. The van der Waals surface area contributed by atoms with Crippen molar-refractivity contribution in [3.63, 3.8) is 0 Å². The zero-order valence-corrected chi connectivity index (χ0v) is 23.0. The van der Waals surface area contributed by atoms with Crippen molar-refractivity contribution >= 4 is 21.8 Å². The summed E-state index contributed by atoms with van der Waals surface area (Å²) in [5.74, 6) is -1.07. The number of hydrogen-bond donors (Lipinski definition) is 2. The number of amides is 2. The van der Waals surface area contributed by atoms with Gasteiger partial charge >= 0.3 is 0 Å². The summed E-state index contributed by atoms with van der Waals surface area (Å²) in [5.41, 5.74) is 9.95. The maximum absolute atomic E-state index is 13.8. The highest BCUT2D eigenvalue weighted by Crippen LogP contribution is 2.37. The van der Waals surface area contributed by atoms with E-state index in [0.717, 1.165) is 41.2 Å². The fourth-order valence-corrected chi connectivity index (χ4v) is 6.82. The van der Waals surface area contributed by atoms with E-state index < -0.39 is 22.0 Å². The van der Waals surface area contributed by atoms with Crippen LogP contribution in [-0.4, -0.2) is 54.1 Å². The Labute approximate surface area is 220 Å². The van der Waals surface area contributed by atoms with E-state index >= 15 is 0 Å². The molecule has 1 aliphatic carbocycles. The van der Waals surface area contributed by atoms with Gasteiger partial charge in [-0.05, 0) is 75.8 Å². The maximum Gasteiger partial charge on any atom is 0.243 e. The zero-order chi connectivity index (χ0) is 27.0. The lowest BCUT2D eigenvalue weighted by Gasteiger charge is -2.44. The van der Waals surface area contributed by atoms with Gasteiger partial charge in [-0.25, -0.2) is 8.42 Å². The predicted molar refractivity (Wildman–Crippen MR) is 143 cm³/mol. The Kier molecular flexibility index (Phi) is 7.78. The molecule has 1 fully saturated rings. The number of aryl methyl sites for hydroxylation is 2. The number of carbonyl (C=O) groups excluding carboxylic acids is 2. The molecule has 1 unspecified atom stereocenters. The molecule has 1 heterocycles. The summed E-state index contributed by atoms with van der Waals surface area (Å²) in [4.78, 5) is 27.6. The summed E-state index contributed by atoms with van der Waals surface area (Å²) >= 11 is 0. The maximum atomic E-state index is 13.8. The van der Waals surface area contributed by atoms with E-state index in [1.807, 2.05) is 6.92 Å². The van der Waals surface area contributed by atoms with Gasteiger partial charge in [-0.1, -0.05) is 35.9 Å². The number of primary amides is 1. The molecule has 200 valence electrons. The highest BCUT2D eigenvalue weighted by atomic mass is 32.2.